The van der Waals surface area contributed by atoms with E-state index in [0.29, 0.717) is 35.6 Å². The highest BCUT2D eigenvalue weighted by Gasteiger charge is 2.31. The van der Waals surface area contributed by atoms with Crippen LogP contribution in [0.25, 0.3) is 0 Å². The summed E-state index contributed by atoms with van der Waals surface area (Å²) < 4.78 is 27.9. The molecule has 1 amide bonds. The first-order valence-corrected chi connectivity index (χ1v) is 12.4. The van der Waals surface area contributed by atoms with Gasteiger partial charge in [0.15, 0.2) is 6.29 Å². The van der Waals surface area contributed by atoms with Crippen molar-refractivity contribution in [1.82, 2.24) is 9.99 Å². The summed E-state index contributed by atoms with van der Waals surface area (Å²) in [7, 11) is 0. The van der Waals surface area contributed by atoms with E-state index in [0.717, 1.165) is 17.4 Å². The molecule has 2 heterocycles. The van der Waals surface area contributed by atoms with Gasteiger partial charge in [0.25, 0.3) is 5.91 Å². The molecule has 9 nitrogen and oxygen atoms in total. The summed E-state index contributed by atoms with van der Waals surface area (Å²) in [6, 6.07) is 17.8. The quantitative estimate of drug-likeness (QED) is 0.348. The van der Waals surface area contributed by atoms with E-state index < -0.39 is 17.3 Å². The molecule has 0 aliphatic carbocycles. The summed E-state index contributed by atoms with van der Waals surface area (Å²) in [5.41, 5.74) is 4.15. The van der Waals surface area contributed by atoms with Gasteiger partial charge in [-0.25, -0.2) is 0 Å². The number of nitrogens with one attached hydrogen (secondary N) is 2. The minimum Gasteiger partial charge on any atom is -0.772 e. The Balaban J connectivity index is 1.51. The molecule has 0 spiro atoms. The molecule has 0 radical (unpaired) electrons. The molecule has 2 N–H and O–H groups in total. The molecule has 4 rings (SSSR count). The number of ether oxygens (including phenoxy) is 1. The van der Waals surface area contributed by atoms with Crippen LogP contribution in [0, 0.1) is 0 Å². The van der Waals surface area contributed by atoms with E-state index in [4.69, 9.17) is 9.84 Å². The first-order chi connectivity index (χ1) is 17.0. The van der Waals surface area contributed by atoms with Gasteiger partial charge in [0.1, 0.15) is 11.8 Å². The number of anilines is 1. The van der Waals surface area contributed by atoms with Crippen molar-refractivity contribution in [3.8, 4) is 0 Å². The Bertz CT molecular complexity index is 1210. The van der Waals surface area contributed by atoms with Crippen molar-refractivity contribution >= 4 is 34.7 Å². The molecule has 0 saturated carbocycles. The summed E-state index contributed by atoms with van der Waals surface area (Å²) in [6.45, 7) is 2.27. The molecule has 0 saturated heterocycles. The Morgan fingerprint density at radius 3 is 2.49 bits per heavy atom. The van der Waals surface area contributed by atoms with Gasteiger partial charge in [-0.2, -0.15) is 5.10 Å². The number of aldehydes is 1. The summed E-state index contributed by atoms with van der Waals surface area (Å²) in [5, 5.41) is 9.15. The van der Waals surface area contributed by atoms with Gasteiger partial charge in [-0.05, 0) is 41.8 Å². The van der Waals surface area contributed by atoms with Crippen molar-refractivity contribution < 1.29 is 23.1 Å². The number of hydrogen-bond donors (Lipinski definition) is 2. The zero-order valence-corrected chi connectivity index (χ0v) is 19.9. The maximum absolute atomic E-state index is 12.2. The fourth-order valence-electron chi connectivity index (χ4n) is 3.78. The molecule has 1 aliphatic heterocycles. The number of nitrogens with zero attached hydrogens (tertiary/aromatic N) is 2. The maximum Gasteiger partial charge on any atom is 0.272 e. The predicted octanol–water partition coefficient (Wildman–Crippen LogP) is 3.19. The smallest absolute Gasteiger partial charge is 0.272 e. The average molecular weight is 494 g/mol. The van der Waals surface area contributed by atoms with Crippen LogP contribution in [0.4, 0.5) is 5.69 Å². The Hall–Kier alpha value is -3.60. The van der Waals surface area contributed by atoms with Crippen molar-refractivity contribution in [2.24, 2.45) is 5.10 Å². The van der Waals surface area contributed by atoms with Gasteiger partial charge in [0.05, 0.1) is 12.3 Å². The molecule has 3 aromatic rings. The van der Waals surface area contributed by atoms with Gasteiger partial charge < -0.3 is 19.6 Å². The minimum absolute atomic E-state index is 0.0543. The second-order valence-corrected chi connectivity index (χ2v) is 8.92. The molecule has 0 fully saturated rings. The van der Waals surface area contributed by atoms with Gasteiger partial charge >= 0.3 is 0 Å². The highest BCUT2D eigenvalue weighted by Crippen LogP contribution is 2.23. The monoisotopic (exact) mass is 493 g/mol. The lowest BCUT2D eigenvalue weighted by Gasteiger charge is -2.35. The largest absolute Gasteiger partial charge is 0.772 e. The Labute approximate surface area is 205 Å². The first kappa shape index (κ1) is 24.5. The second kappa shape index (κ2) is 11.2. The Morgan fingerprint density at radius 1 is 1.17 bits per heavy atom. The SMILES string of the molecule is CCC1OC(C=O)N(Cc2ccc(NC(=O)c3ccc[nH]3)cc2)N=C1c1ccc(CS(=O)[O-])cc1. The summed E-state index contributed by atoms with van der Waals surface area (Å²) in [6.07, 6.45) is 1.83. The fourth-order valence-corrected chi connectivity index (χ4v) is 4.25. The predicted molar refractivity (Wildman–Crippen MR) is 131 cm³/mol. The molecule has 3 atom stereocenters. The zero-order valence-electron chi connectivity index (χ0n) is 19.0. The normalized spacial score (nSPS) is 18.6. The van der Waals surface area contributed by atoms with Crippen LogP contribution in [0.15, 0.2) is 72.0 Å². The van der Waals surface area contributed by atoms with E-state index in [1.807, 2.05) is 31.2 Å². The van der Waals surface area contributed by atoms with Crippen molar-refractivity contribution in [2.45, 2.75) is 38.0 Å². The number of carbonyl (C=O) groups is 2. The van der Waals surface area contributed by atoms with Gasteiger partial charge in [-0.1, -0.05) is 54.4 Å². The molecular formula is C25H25N4O5S-. The van der Waals surface area contributed by atoms with E-state index >= 15 is 0 Å². The third kappa shape index (κ3) is 6.10. The van der Waals surface area contributed by atoms with Crippen molar-refractivity contribution in [2.75, 3.05) is 5.32 Å². The van der Waals surface area contributed by atoms with Crippen molar-refractivity contribution in [1.29, 1.82) is 0 Å². The van der Waals surface area contributed by atoms with Crippen LogP contribution in [0.3, 0.4) is 0 Å². The fraction of sp³-hybridized carbons (Fsp3) is 0.240. The number of carbonyl (C=O) groups excluding carboxylic acids is 2. The lowest BCUT2D eigenvalue weighted by Crippen LogP contribution is -2.45. The number of aromatic nitrogens is 1. The van der Waals surface area contributed by atoms with Crippen LogP contribution >= 0.6 is 0 Å². The topological polar surface area (TPSA) is 127 Å². The Morgan fingerprint density at radius 2 is 1.89 bits per heavy atom. The third-order valence-electron chi connectivity index (χ3n) is 5.56. The lowest BCUT2D eigenvalue weighted by molar-refractivity contribution is -0.139. The first-order valence-electron chi connectivity index (χ1n) is 11.1. The third-order valence-corrected chi connectivity index (χ3v) is 6.13. The highest BCUT2D eigenvalue weighted by atomic mass is 32.2. The van der Waals surface area contributed by atoms with E-state index in [2.05, 4.69) is 10.3 Å². The number of aromatic amines is 1. The van der Waals surface area contributed by atoms with Crippen LogP contribution in [-0.2, 0) is 32.9 Å². The molecule has 182 valence electrons. The lowest BCUT2D eigenvalue weighted by atomic mass is 10.0. The molecule has 1 aromatic heterocycles. The van der Waals surface area contributed by atoms with Crippen LogP contribution in [0.1, 0.15) is 40.5 Å². The van der Waals surface area contributed by atoms with E-state index in [-0.39, 0.29) is 17.8 Å². The molecule has 0 bridgehead atoms. The number of H-pyrrole nitrogens is 1. The van der Waals surface area contributed by atoms with E-state index in [1.54, 1.807) is 47.6 Å². The number of amides is 1. The summed E-state index contributed by atoms with van der Waals surface area (Å²) >= 11 is -2.16. The van der Waals surface area contributed by atoms with Crippen LogP contribution in [0.2, 0.25) is 0 Å². The van der Waals surface area contributed by atoms with Gasteiger partial charge in [0, 0.05) is 23.2 Å². The van der Waals surface area contributed by atoms with Crippen molar-refractivity contribution in [3.05, 3.63) is 89.2 Å². The minimum atomic E-state index is -2.16. The van der Waals surface area contributed by atoms with Gasteiger partial charge in [-0.15, -0.1) is 0 Å². The number of benzene rings is 2. The summed E-state index contributed by atoms with van der Waals surface area (Å²) in [5.74, 6) is -0.290. The van der Waals surface area contributed by atoms with Gasteiger partial charge in [-0.3, -0.25) is 18.8 Å². The molecule has 35 heavy (non-hydrogen) atoms. The highest BCUT2D eigenvalue weighted by molar-refractivity contribution is 7.78. The standard InChI is InChI=1S/C25H26N4O5S/c1-2-22-24(19-9-5-18(6-10-19)16-35(32)33)28-29(23(15-30)34-22)14-17-7-11-20(12-8-17)27-25(31)21-4-3-13-26-21/h3-13,15,22-23,26H,2,14,16H2,1H3,(H,27,31)(H,32,33)/p-1. The summed E-state index contributed by atoms with van der Waals surface area (Å²) in [4.78, 5) is 26.8. The molecule has 2 aromatic carbocycles. The molecule has 1 aliphatic rings. The van der Waals surface area contributed by atoms with Gasteiger partial charge in [0.2, 0.25) is 6.23 Å². The molecule has 3 unspecified atom stereocenters. The number of hydrogen-bond acceptors (Lipinski definition) is 7. The van der Waals surface area contributed by atoms with Crippen LogP contribution in [-0.4, -0.2) is 49.0 Å². The van der Waals surface area contributed by atoms with Crippen LogP contribution in [0.5, 0.6) is 0 Å². The maximum atomic E-state index is 12.2. The van der Waals surface area contributed by atoms with Crippen molar-refractivity contribution in [3.63, 3.8) is 0 Å². The molecule has 10 heteroatoms. The zero-order chi connectivity index (χ0) is 24.8. The Kier molecular flexibility index (Phi) is 7.86. The number of hydrazone groups is 1. The van der Waals surface area contributed by atoms with E-state index in [1.165, 1.54) is 0 Å². The molecular weight excluding hydrogens is 468 g/mol. The van der Waals surface area contributed by atoms with Crippen LogP contribution < -0.4 is 5.32 Å². The number of rotatable bonds is 9. The average Bonchev–Trinajstić information content (AvgIpc) is 3.40. The second-order valence-electron chi connectivity index (χ2n) is 8.02. The van der Waals surface area contributed by atoms with E-state index in [9.17, 15) is 18.4 Å².